The largest absolute Gasteiger partial charge is 0.497 e. The number of carbonyl (C=O) groups excluding carboxylic acids is 1. The molecule has 0 fully saturated rings. The first kappa shape index (κ1) is 27.4. The fourth-order valence-corrected chi connectivity index (χ4v) is 5.66. The van der Waals surface area contributed by atoms with Crippen LogP contribution in [-0.4, -0.2) is 31.3 Å². The second kappa shape index (κ2) is 11.9. The normalized spacial score (nSPS) is 14.5. The number of rotatable bonds is 8. The summed E-state index contributed by atoms with van der Waals surface area (Å²) >= 11 is 1.23. The van der Waals surface area contributed by atoms with Gasteiger partial charge in [0, 0.05) is 5.69 Å². The van der Waals surface area contributed by atoms with E-state index in [1.54, 1.807) is 55.0 Å². The summed E-state index contributed by atoms with van der Waals surface area (Å²) in [7, 11) is 3.07. The van der Waals surface area contributed by atoms with Crippen LogP contribution in [0.25, 0.3) is 6.08 Å². The van der Waals surface area contributed by atoms with Crippen LogP contribution in [0.3, 0.4) is 0 Å². The minimum atomic E-state index is -0.733. The lowest BCUT2D eigenvalue weighted by molar-refractivity contribution is -0.113. The van der Waals surface area contributed by atoms with Crippen LogP contribution in [0, 0.1) is 11.3 Å². The molecule has 0 radical (unpaired) electrons. The molecule has 0 aliphatic carbocycles. The average molecular weight is 567 g/mol. The fourth-order valence-electron chi connectivity index (χ4n) is 4.61. The summed E-state index contributed by atoms with van der Waals surface area (Å²) in [6.07, 6.45) is 1.74. The quantitative estimate of drug-likeness (QED) is 0.347. The minimum absolute atomic E-state index is 0.113. The number of aromatic nitrogens is 1. The maximum Gasteiger partial charge on any atom is 0.271 e. The molecule has 0 saturated heterocycles. The molecule has 1 aliphatic heterocycles. The van der Waals surface area contributed by atoms with Gasteiger partial charge >= 0.3 is 0 Å². The first-order valence-corrected chi connectivity index (χ1v) is 13.5. The number of nitrogens with one attached hydrogen (secondary N) is 1. The van der Waals surface area contributed by atoms with Crippen molar-refractivity contribution >= 4 is 29.0 Å². The summed E-state index contributed by atoms with van der Waals surface area (Å²) < 4.78 is 18.3. The number of hydrogen-bond acceptors (Lipinski definition) is 8. The Labute approximate surface area is 239 Å². The van der Waals surface area contributed by atoms with Crippen molar-refractivity contribution in [2.45, 2.75) is 13.0 Å². The SMILES string of the molecule is COc1cccc([C@H]2C(C(=O)Nc3ccccc3)=C(C)N=c3s/c(=C\c4ccc(OCC#N)c(OC)c4)c(=O)n32)c1. The number of nitrogens with zero attached hydrogens (tertiary/aromatic N) is 3. The summed E-state index contributed by atoms with van der Waals surface area (Å²) in [5.74, 6) is 1.12. The van der Waals surface area contributed by atoms with E-state index in [1.807, 2.05) is 48.5 Å². The highest BCUT2D eigenvalue weighted by Crippen LogP contribution is 2.32. The van der Waals surface area contributed by atoms with Gasteiger partial charge in [-0.3, -0.25) is 14.2 Å². The van der Waals surface area contributed by atoms with Gasteiger partial charge in [0.05, 0.1) is 36.1 Å². The zero-order valence-electron chi connectivity index (χ0n) is 22.6. The zero-order valence-corrected chi connectivity index (χ0v) is 23.4. The lowest BCUT2D eigenvalue weighted by Gasteiger charge is -2.25. The van der Waals surface area contributed by atoms with Crippen molar-refractivity contribution in [1.82, 2.24) is 4.57 Å². The van der Waals surface area contributed by atoms with E-state index in [0.29, 0.717) is 54.7 Å². The Kier molecular flexibility index (Phi) is 7.99. The lowest BCUT2D eigenvalue weighted by Crippen LogP contribution is -2.40. The fraction of sp³-hybridized carbons (Fsp3) is 0.161. The molecule has 0 saturated carbocycles. The highest BCUT2D eigenvalue weighted by atomic mass is 32.1. The predicted octanol–water partition coefficient (Wildman–Crippen LogP) is 3.79. The van der Waals surface area contributed by atoms with E-state index in [4.69, 9.17) is 19.5 Å². The molecule has 1 atom stereocenters. The average Bonchev–Trinajstić information content (AvgIpc) is 3.29. The number of thiazole rings is 1. The molecule has 3 aromatic carbocycles. The molecular weight excluding hydrogens is 540 g/mol. The molecule has 0 unspecified atom stereocenters. The molecule has 1 amide bonds. The second-order valence-electron chi connectivity index (χ2n) is 9.04. The van der Waals surface area contributed by atoms with E-state index < -0.39 is 6.04 Å². The third-order valence-corrected chi connectivity index (χ3v) is 7.47. The van der Waals surface area contributed by atoms with Crippen molar-refractivity contribution in [3.63, 3.8) is 0 Å². The van der Waals surface area contributed by atoms with Gasteiger partial charge in [0.2, 0.25) is 0 Å². The van der Waals surface area contributed by atoms with E-state index in [1.165, 1.54) is 18.4 Å². The standard InChI is InChI=1S/C31H26N4O5S/c1-19-27(29(36)34-22-9-5-4-6-10-22)28(21-8-7-11-23(18-21)38-2)35-30(37)26(41-31(35)33-19)17-20-12-13-24(40-15-14-32)25(16-20)39-3/h4-13,16-18,28H,15H2,1-3H3,(H,34,36)/b26-17-/t28-/m0/s1. The molecule has 0 spiro atoms. The molecule has 1 aromatic heterocycles. The first-order valence-electron chi connectivity index (χ1n) is 12.6. The Morgan fingerprint density at radius 1 is 1.07 bits per heavy atom. The number of methoxy groups -OCH3 is 2. The number of allylic oxidation sites excluding steroid dienone is 1. The summed E-state index contributed by atoms with van der Waals surface area (Å²) in [5.41, 5.74) is 2.64. The van der Waals surface area contributed by atoms with Crippen LogP contribution in [0.1, 0.15) is 24.1 Å². The molecule has 4 aromatic rings. The predicted molar refractivity (Wildman–Crippen MR) is 156 cm³/mol. The molecule has 206 valence electrons. The Morgan fingerprint density at radius 3 is 2.61 bits per heavy atom. The highest BCUT2D eigenvalue weighted by molar-refractivity contribution is 7.07. The van der Waals surface area contributed by atoms with Gasteiger partial charge in [-0.05, 0) is 60.5 Å². The van der Waals surface area contributed by atoms with Gasteiger partial charge in [0.1, 0.15) is 11.8 Å². The van der Waals surface area contributed by atoms with E-state index in [-0.39, 0.29) is 18.1 Å². The van der Waals surface area contributed by atoms with Gasteiger partial charge in [-0.15, -0.1) is 0 Å². The van der Waals surface area contributed by atoms with Crippen LogP contribution in [0.15, 0.2) is 93.9 Å². The number of ether oxygens (including phenoxy) is 3. The highest BCUT2D eigenvalue weighted by Gasteiger charge is 2.32. The number of amides is 1. The maximum absolute atomic E-state index is 14.0. The zero-order chi connectivity index (χ0) is 28.9. The number of para-hydroxylation sites is 1. The molecule has 5 rings (SSSR count). The van der Waals surface area contributed by atoms with E-state index >= 15 is 0 Å². The molecule has 9 nitrogen and oxygen atoms in total. The Balaban J connectivity index is 1.64. The van der Waals surface area contributed by atoms with Gasteiger partial charge in [-0.2, -0.15) is 5.26 Å². The number of anilines is 1. The Hall–Kier alpha value is -5.14. The van der Waals surface area contributed by atoms with Crippen molar-refractivity contribution < 1.29 is 19.0 Å². The third-order valence-electron chi connectivity index (χ3n) is 6.49. The topological polar surface area (TPSA) is 115 Å². The second-order valence-corrected chi connectivity index (χ2v) is 10.0. The van der Waals surface area contributed by atoms with Crippen molar-refractivity contribution in [3.05, 3.63) is 115 Å². The van der Waals surface area contributed by atoms with Crippen LogP contribution in [0.2, 0.25) is 0 Å². The van der Waals surface area contributed by atoms with Gasteiger partial charge in [-0.1, -0.05) is 47.7 Å². The molecule has 2 heterocycles. The smallest absolute Gasteiger partial charge is 0.271 e. The van der Waals surface area contributed by atoms with Gasteiger partial charge in [-0.25, -0.2) is 4.99 Å². The molecule has 10 heteroatoms. The number of benzene rings is 3. The third kappa shape index (κ3) is 5.62. The van der Waals surface area contributed by atoms with Gasteiger partial charge in [0.15, 0.2) is 22.9 Å². The van der Waals surface area contributed by atoms with Crippen molar-refractivity contribution in [1.29, 1.82) is 5.26 Å². The van der Waals surface area contributed by atoms with Crippen LogP contribution in [0.5, 0.6) is 17.2 Å². The monoisotopic (exact) mass is 566 g/mol. The summed E-state index contributed by atoms with van der Waals surface area (Å²) in [5, 5.41) is 11.8. The van der Waals surface area contributed by atoms with E-state index in [0.717, 1.165) is 0 Å². The number of carbonyl (C=O) groups is 1. The molecular formula is C31H26N4O5S. The van der Waals surface area contributed by atoms with Crippen LogP contribution in [-0.2, 0) is 4.79 Å². The molecule has 0 bridgehead atoms. The summed E-state index contributed by atoms with van der Waals surface area (Å²) in [6, 6.07) is 22.9. The minimum Gasteiger partial charge on any atom is -0.497 e. The van der Waals surface area contributed by atoms with E-state index in [9.17, 15) is 9.59 Å². The van der Waals surface area contributed by atoms with Gasteiger partial charge in [0.25, 0.3) is 11.5 Å². The Bertz CT molecular complexity index is 1870. The number of hydrogen-bond donors (Lipinski definition) is 1. The van der Waals surface area contributed by atoms with Crippen LogP contribution < -0.4 is 34.4 Å². The van der Waals surface area contributed by atoms with Crippen LogP contribution >= 0.6 is 11.3 Å². The summed E-state index contributed by atoms with van der Waals surface area (Å²) in [4.78, 5) is 32.8. The van der Waals surface area contributed by atoms with Crippen LogP contribution in [0.4, 0.5) is 5.69 Å². The molecule has 1 aliphatic rings. The Morgan fingerprint density at radius 2 is 1.88 bits per heavy atom. The first-order chi connectivity index (χ1) is 19.9. The number of fused-ring (bicyclic) bond motifs is 1. The van der Waals surface area contributed by atoms with Crippen molar-refractivity contribution in [2.24, 2.45) is 4.99 Å². The lowest BCUT2D eigenvalue weighted by atomic mass is 9.95. The number of nitriles is 1. The van der Waals surface area contributed by atoms with Crippen molar-refractivity contribution in [2.75, 3.05) is 26.1 Å². The van der Waals surface area contributed by atoms with Gasteiger partial charge < -0.3 is 19.5 Å². The molecule has 41 heavy (non-hydrogen) atoms. The maximum atomic E-state index is 14.0. The summed E-state index contributed by atoms with van der Waals surface area (Å²) in [6.45, 7) is 1.66. The van der Waals surface area contributed by atoms with Crippen molar-refractivity contribution in [3.8, 4) is 23.3 Å². The van der Waals surface area contributed by atoms with E-state index in [2.05, 4.69) is 10.3 Å². The molecule has 1 N–H and O–H groups in total.